The number of nitrogens with one attached hydrogen (secondary N) is 1. The first kappa shape index (κ1) is 85.9. The summed E-state index contributed by atoms with van der Waals surface area (Å²) in [5.74, 6) is 7.50. The monoisotopic (exact) mass is 1600 g/mol. The number of amides is 3. The number of para-hydroxylation sites is 1. The van der Waals surface area contributed by atoms with Gasteiger partial charge in [-0.05, 0) is 317 Å². The van der Waals surface area contributed by atoms with Crippen molar-refractivity contribution in [1.29, 1.82) is 0 Å². The molecule has 7 heterocycles. The molecule has 6 aromatic carbocycles. The Morgan fingerprint density at radius 2 is 1.04 bits per heavy atom. The highest BCUT2D eigenvalue weighted by Crippen LogP contribution is 2.51. The van der Waals surface area contributed by atoms with Gasteiger partial charge in [-0.25, -0.2) is 14.0 Å². The predicted molar refractivity (Wildman–Crippen MR) is 449 cm³/mol. The number of nitrogens with zero attached hydrogens (tertiary/aromatic N) is 6. The molecule has 6 aromatic rings. The van der Waals surface area contributed by atoms with Gasteiger partial charge in [0.25, 0.3) is 0 Å². The van der Waals surface area contributed by atoms with Crippen molar-refractivity contribution in [3.8, 4) is 17.2 Å². The zero-order valence-electron chi connectivity index (χ0n) is 69.7. The lowest BCUT2D eigenvalue weighted by Gasteiger charge is -2.40. The van der Waals surface area contributed by atoms with Crippen LogP contribution in [-0.2, 0) is 26.0 Å². The number of methoxy groups -OCH3 is 3. The van der Waals surface area contributed by atoms with Crippen LogP contribution in [0.25, 0.3) is 0 Å². The smallest absolute Gasteiger partial charge is 0.416 e. The Kier molecular flexibility index (Phi) is 29.7. The van der Waals surface area contributed by atoms with Crippen LogP contribution in [0.2, 0.25) is 0 Å². The van der Waals surface area contributed by atoms with E-state index in [1.807, 2.05) is 32.0 Å². The Bertz CT molecular complexity index is 4120. The molecule has 0 radical (unpaired) electrons. The lowest BCUT2D eigenvalue weighted by Crippen LogP contribution is -2.44. The Morgan fingerprint density at radius 1 is 0.509 bits per heavy atom. The number of hydrogen-bond acceptors (Lipinski definition) is 13. The third-order valence-electron chi connectivity index (χ3n) is 27.8. The Morgan fingerprint density at radius 3 is 1.63 bits per heavy atom. The van der Waals surface area contributed by atoms with Crippen LogP contribution in [-0.4, -0.2) is 190 Å². The molecule has 3 aliphatic carbocycles. The van der Waals surface area contributed by atoms with Crippen LogP contribution in [0.5, 0.6) is 17.2 Å². The zero-order valence-corrected chi connectivity index (χ0v) is 69.7. The lowest BCUT2D eigenvalue weighted by molar-refractivity contribution is -0.138. The fraction of sp³-hybridized carbons (Fsp3) is 0.573. The van der Waals surface area contributed by atoms with Crippen LogP contribution >= 0.6 is 0 Å². The van der Waals surface area contributed by atoms with Gasteiger partial charge < -0.3 is 63.5 Å². The molecule has 0 spiro atoms. The van der Waals surface area contributed by atoms with Crippen LogP contribution in [0.1, 0.15) is 217 Å². The number of carbonyl (C=O) groups is 3. The maximum atomic E-state index is 13.7. The van der Waals surface area contributed by atoms with E-state index in [4.69, 9.17) is 23.7 Å². The number of aliphatic hydroxyl groups is 1. The molecule has 5 unspecified atom stereocenters. The molecule has 2 saturated carbocycles. The summed E-state index contributed by atoms with van der Waals surface area (Å²) in [6.07, 6.45) is 20.4. The third kappa shape index (κ3) is 21.3. The maximum Gasteiger partial charge on any atom is 0.416 e. The van der Waals surface area contributed by atoms with Crippen molar-refractivity contribution in [3.05, 3.63) is 202 Å². The molecule has 2 N–H and O–H groups in total. The Hall–Kier alpha value is -8.01. The SMILES string of the molecule is CCOC(=O)N1C2CC[C@@H]1CCC(N1CCC(c3cc(NC(C)=O)ccc3OC)CC1)C2.CCOC(=O)N1CCC(CN2CCC(c3cccc(C(F)(F)F)c3C)CC2)CC1.COc1ccc(F)cc1C1(O)CCN(C[C@H]2C[C@H]3C=CC2C3)CC1.COc1ccccc1C1CCN(C2CC(c3ccccc3)C(c3ccccc3)C2)CC1. The first-order chi connectivity index (χ1) is 56.2. The third-order valence-corrected chi connectivity index (χ3v) is 27.8. The molecule has 16 rings (SSSR count). The van der Waals surface area contributed by atoms with Crippen LogP contribution < -0.4 is 19.5 Å². The minimum atomic E-state index is -4.29. The molecular formula is C96H127F4N7O9. The molecule has 4 bridgehead atoms. The fourth-order valence-electron chi connectivity index (χ4n) is 21.6. The number of piperidine rings is 5. The average Bonchev–Trinajstić information content (AvgIpc) is 1.44. The summed E-state index contributed by atoms with van der Waals surface area (Å²) in [6, 6.07) is 47.8. The van der Waals surface area contributed by atoms with Gasteiger partial charge in [-0.15, -0.1) is 0 Å². The number of benzene rings is 6. The van der Waals surface area contributed by atoms with E-state index in [2.05, 4.69) is 133 Å². The van der Waals surface area contributed by atoms with E-state index in [9.17, 15) is 37.1 Å². The van der Waals surface area contributed by atoms with Crippen molar-refractivity contribution in [1.82, 2.24) is 29.4 Å². The van der Waals surface area contributed by atoms with E-state index in [1.165, 1.54) is 105 Å². The average molecular weight is 1600 g/mol. The highest BCUT2D eigenvalue weighted by Gasteiger charge is 2.46. The first-order valence-electron chi connectivity index (χ1n) is 43.6. The van der Waals surface area contributed by atoms with E-state index < -0.39 is 17.3 Å². The minimum Gasteiger partial charge on any atom is -0.496 e. The second-order valence-corrected chi connectivity index (χ2v) is 34.6. The minimum absolute atomic E-state index is 0.0598. The number of fused-ring (bicyclic) bond motifs is 4. The van der Waals surface area contributed by atoms with Crippen LogP contribution in [0, 0.1) is 36.4 Å². The number of ether oxygens (including phenoxy) is 5. The second kappa shape index (κ2) is 40.2. The van der Waals surface area contributed by atoms with Crippen LogP contribution in [0.15, 0.2) is 152 Å². The number of halogens is 4. The summed E-state index contributed by atoms with van der Waals surface area (Å²) in [6.45, 7) is 19.3. The van der Waals surface area contributed by atoms with Crippen molar-refractivity contribution in [2.24, 2.45) is 23.7 Å². The molecule has 20 heteroatoms. The summed E-state index contributed by atoms with van der Waals surface area (Å²) in [5.41, 5.74) is 6.73. The van der Waals surface area contributed by atoms with Gasteiger partial charge in [0.1, 0.15) is 23.1 Å². The van der Waals surface area contributed by atoms with Crippen molar-refractivity contribution in [2.45, 2.75) is 215 Å². The van der Waals surface area contributed by atoms with E-state index in [-0.39, 0.29) is 29.8 Å². The van der Waals surface area contributed by atoms with E-state index in [0.29, 0.717) is 96.7 Å². The molecule has 7 aliphatic heterocycles. The summed E-state index contributed by atoms with van der Waals surface area (Å²) in [5, 5.41) is 14.0. The largest absolute Gasteiger partial charge is 0.496 e. The molecule has 0 aromatic heterocycles. The van der Waals surface area contributed by atoms with Crippen molar-refractivity contribution in [3.63, 3.8) is 0 Å². The summed E-state index contributed by atoms with van der Waals surface area (Å²) in [4.78, 5) is 49.9. The van der Waals surface area contributed by atoms with Gasteiger partial charge >= 0.3 is 18.4 Å². The maximum absolute atomic E-state index is 13.7. The summed E-state index contributed by atoms with van der Waals surface area (Å²) < 4.78 is 80.3. The van der Waals surface area contributed by atoms with Gasteiger partial charge in [-0.2, -0.15) is 13.2 Å². The van der Waals surface area contributed by atoms with Crippen molar-refractivity contribution >= 4 is 23.8 Å². The predicted octanol–water partition coefficient (Wildman–Crippen LogP) is 19.4. The molecule has 3 amide bonds. The zero-order chi connectivity index (χ0) is 81.5. The van der Waals surface area contributed by atoms with Gasteiger partial charge in [-0.1, -0.05) is 103 Å². The second-order valence-electron chi connectivity index (χ2n) is 34.6. The number of anilines is 1. The number of rotatable bonds is 18. The Labute approximate surface area is 687 Å². The first-order valence-corrected chi connectivity index (χ1v) is 43.6. The highest BCUT2D eigenvalue weighted by molar-refractivity contribution is 5.89. The Balaban J connectivity index is 0.000000135. The number of allylic oxidation sites excluding steroid dienone is 2. The standard InChI is InChI=1S/C29H33NO.C25H37N3O4.C22H31F3N2O2.C20H26FNO2/c1-31-29-15-9-8-14-26(29)24-16-18-30(19-17-24)25-20-27(22-10-4-2-5-11-22)28(21-25)23-12-6-3-7-13-23;1-4-32-25(30)28-20-6-8-21(16-22(28)9-7-20)27-13-11-18(12-14-27)23-15-19(26-17(2)29)5-10-24(23)31-3;1-3-29-21(28)27-13-7-17(8-14-27)15-26-11-9-18(10-12-26)19-5-4-6-20(16(19)2)22(23,24)25;1-24-19-5-4-17(21)12-18(19)20(23)6-8-22(9-7-20)13-16-11-14-2-3-15(16)10-14/h2-15,24-25,27-28H,16-21H2,1H3;5,10,15,18,20-22H,4,6-9,11-14,16H2,1-3H3,(H,26,29);4-6,17-18H,3,7-15H2,1-2H3;2-5,12,14-16,23H,6-11,13H2,1H3/t;20-,21?,22?;;14-,15?,16+/m.0.0/s1. The van der Waals surface area contributed by atoms with Crippen molar-refractivity contribution < 1.29 is 60.7 Å². The van der Waals surface area contributed by atoms with Crippen LogP contribution in [0.4, 0.5) is 32.8 Å². The lowest BCUT2D eigenvalue weighted by atomic mass is 9.83. The molecule has 116 heavy (non-hydrogen) atoms. The molecule has 10 aliphatic rings. The molecule has 7 saturated heterocycles. The number of alkyl halides is 3. The van der Waals surface area contributed by atoms with Gasteiger partial charge in [0.2, 0.25) is 5.91 Å². The van der Waals surface area contributed by atoms with E-state index >= 15 is 0 Å². The summed E-state index contributed by atoms with van der Waals surface area (Å²) in [7, 11) is 5.07. The fourth-order valence-corrected chi connectivity index (χ4v) is 21.6. The van der Waals surface area contributed by atoms with E-state index in [1.54, 1.807) is 39.2 Å². The van der Waals surface area contributed by atoms with E-state index in [0.717, 1.165) is 177 Å². The molecular weight excluding hydrogens is 1470 g/mol. The highest BCUT2D eigenvalue weighted by atomic mass is 19.4. The summed E-state index contributed by atoms with van der Waals surface area (Å²) >= 11 is 0. The normalized spacial score (nSPS) is 25.5. The molecule has 16 nitrogen and oxygen atoms in total. The van der Waals surface area contributed by atoms with Crippen molar-refractivity contribution in [2.75, 3.05) is 118 Å². The molecule has 628 valence electrons. The quantitative estimate of drug-likeness (QED) is 0.0622. The van der Waals surface area contributed by atoms with Gasteiger partial charge in [0.05, 0.1) is 45.7 Å². The topological polar surface area (TPSA) is 149 Å². The van der Waals surface area contributed by atoms with Gasteiger partial charge in [0, 0.05) is 81.6 Å². The number of hydrogen-bond donors (Lipinski definition) is 2. The number of likely N-dealkylation sites (tertiary alicyclic amines) is 5. The van der Waals surface area contributed by atoms with Gasteiger partial charge in [-0.3, -0.25) is 4.79 Å². The molecule has 9 fully saturated rings. The number of carbonyl (C=O) groups excluding carboxylic acids is 3. The van der Waals surface area contributed by atoms with Gasteiger partial charge in [0.15, 0.2) is 0 Å². The van der Waals surface area contributed by atoms with Crippen LogP contribution in [0.3, 0.4) is 0 Å². The molecule has 8 atom stereocenters.